The molecular weight excluding hydrogens is 513 g/mol. The van der Waals surface area contributed by atoms with E-state index in [4.69, 9.17) is 30.5 Å². The molecule has 0 spiro atoms. The fourth-order valence-electron chi connectivity index (χ4n) is 4.19. The molecule has 0 bridgehead atoms. The summed E-state index contributed by atoms with van der Waals surface area (Å²) in [4.78, 5) is 25.0. The number of halogens is 4. The van der Waals surface area contributed by atoms with Gasteiger partial charge in [-0.05, 0) is 88.4 Å². The van der Waals surface area contributed by atoms with E-state index in [0.717, 1.165) is 29.7 Å². The average Bonchev–Trinajstić information content (AvgIpc) is 2.79. The van der Waals surface area contributed by atoms with E-state index in [2.05, 4.69) is 0 Å². The summed E-state index contributed by atoms with van der Waals surface area (Å²) in [5.41, 5.74) is 0.185. The van der Waals surface area contributed by atoms with Gasteiger partial charge in [-0.25, -0.2) is 9.59 Å². The van der Waals surface area contributed by atoms with Crippen LogP contribution in [0.4, 0.5) is 13.2 Å². The zero-order valence-corrected chi connectivity index (χ0v) is 21.9. The van der Waals surface area contributed by atoms with Gasteiger partial charge in [-0.3, -0.25) is 0 Å². The van der Waals surface area contributed by atoms with Gasteiger partial charge in [-0.2, -0.15) is 13.2 Å². The molecule has 0 aliphatic heterocycles. The van der Waals surface area contributed by atoms with Gasteiger partial charge in [0.05, 0.1) is 17.2 Å². The Kier molecular flexibility index (Phi) is 9.13. The monoisotopic (exact) mass is 542 g/mol. The summed E-state index contributed by atoms with van der Waals surface area (Å²) >= 11 is 6.03. The molecule has 0 saturated heterocycles. The summed E-state index contributed by atoms with van der Waals surface area (Å²) in [7, 11) is 0. The van der Waals surface area contributed by atoms with Gasteiger partial charge in [0.15, 0.2) is 6.10 Å². The SMILES string of the molecule is CCOC(=O)C(OCC(=O)OC(C)(C)C)[C@@H]1CCCc2cc(Oc3ccc(C(F)(F)F)cc3Cl)ccc21. The molecule has 6 nitrogen and oxygen atoms in total. The Labute approximate surface area is 219 Å². The maximum atomic E-state index is 12.9. The molecule has 1 unspecified atom stereocenters. The van der Waals surface area contributed by atoms with E-state index >= 15 is 0 Å². The molecule has 0 N–H and O–H groups in total. The second kappa shape index (κ2) is 11.7. The second-order valence-electron chi connectivity index (χ2n) is 9.67. The van der Waals surface area contributed by atoms with Crippen LogP contribution in [0.5, 0.6) is 11.5 Å². The highest BCUT2D eigenvalue weighted by molar-refractivity contribution is 6.32. The van der Waals surface area contributed by atoms with Crippen molar-refractivity contribution in [2.75, 3.05) is 13.2 Å². The molecule has 2 atom stereocenters. The number of hydrogen-bond donors (Lipinski definition) is 0. The van der Waals surface area contributed by atoms with Crippen LogP contribution in [0.3, 0.4) is 0 Å². The van der Waals surface area contributed by atoms with Crippen LogP contribution < -0.4 is 4.74 Å². The quantitative estimate of drug-likeness (QED) is 0.339. The van der Waals surface area contributed by atoms with Crippen LogP contribution in [0.15, 0.2) is 36.4 Å². The Morgan fingerprint density at radius 3 is 2.46 bits per heavy atom. The van der Waals surface area contributed by atoms with Gasteiger partial charge in [0, 0.05) is 5.92 Å². The van der Waals surface area contributed by atoms with Crippen molar-refractivity contribution in [3.8, 4) is 11.5 Å². The maximum absolute atomic E-state index is 12.9. The van der Waals surface area contributed by atoms with E-state index < -0.39 is 42.0 Å². The topological polar surface area (TPSA) is 71.1 Å². The first kappa shape index (κ1) is 28.8. The van der Waals surface area contributed by atoms with Crippen LogP contribution in [0.25, 0.3) is 0 Å². The minimum atomic E-state index is -4.51. The van der Waals surface area contributed by atoms with Gasteiger partial charge in [0.1, 0.15) is 23.7 Å². The number of carbonyl (C=O) groups excluding carboxylic acids is 2. The summed E-state index contributed by atoms with van der Waals surface area (Å²) < 4.78 is 60.8. The highest BCUT2D eigenvalue weighted by atomic mass is 35.5. The molecule has 0 heterocycles. The molecule has 37 heavy (non-hydrogen) atoms. The predicted molar refractivity (Wildman–Crippen MR) is 131 cm³/mol. The predicted octanol–water partition coefficient (Wildman–Crippen LogP) is 6.86. The molecule has 0 amide bonds. The first-order chi connectivity index (χ1) is 17.3. The minimum absolute atomic E-state index is 0.0899. The van der Waals surface area contributed by atoms with Crippen molar-refractivity contribution in [1.82, 2.24) is 0 Å². The summed E-state index contributed by atoms with van der Waals surface area (Å²) in [6, 6.07) is 8.11. The van der Waals surface area contributed by atoms with E-state index in [-0.39, 0.29) is 23.3 Å². The van der Waals surface area contributed by atoms with E-state index in [1.807, 2.05) is 0 Å². The molecule has 0 aromatic heterocycles. The fraction of sp³-hybridized carbons (Fsp3) is 0.481. The Hall–Kier alpha value is -2.78. The van der Waals surface area contributed by atoms with Crippen molar-refractivity contribution in [3.05, 3.63) is 58.1 Å². The van der Waals surface area contributed by atoms with Crippen molar-refractivity contribution in [3.63, 3.8) is 0 Å². The molecule has 0 radical (unpaired) electrons. The van der Waals surface area contributed by atoms with E-state index in [9.17, 15) is 22.8 Å². The highest BCUT2D eigenvalue weighted by Crippen LogP contribution is 2.40. The number of benzene rings is 2. The number of fused-ring (bicyclic) bond motifs is 1. The lowest BCUT2D eigenvalue weighted by atomic mass is 9.79. The van der Waals surface area contributed by atoms with Crippen LogP contribution in [-0.2, 0) is 36.4 Å². The fourth-order valence-corrected chi connectivity index (χ4v) is 4.41. The molecule has 1 aliphatic carbocycles. The normalized spacial score (nSPS) is 16.5. The van der Waals surface area contributed by atoms with Crippen molar-refractivity contribution >= 4 is 23.5 Å². The Balaban J connectivity index is 1.81. The first-order valence-corrected chi connectivity index (χ1v) is 12.3. The third-order valence-electron chi connectivity index (χ3n) is 5.65. The Bertz CT molecular complexity index is 1130. The molecule has 2 aromatic carbocycles. The van der Waals surface area contributed by atoms with Gasteiger partial charge in [0.25, 0.3) is 0 Å². The standard InChI is InChI=1S/C27H30ClF3O6/c1-5-34-25(33)24(35-15-23(32)37-26(2,3)4)20-8-6-7-16-13-18(10-11-19(16)20)36-22-12-9-17(14-21(22)28)27(29,30)31/h9-14,20,24H,5-8,15H2,1-4H3/t20-,24?/m1/s1. The molecule has 1 aliphatic rings. The number of esters is 2. The Morgan fingerprint density at radius 1 is 1.11 bits per heavy atom. The van der Waals surface area contributed by atoms with Crippen LogP contribution in [0.2, 0.25) is 5.02 Å². The smallest absolute Gasteiger partial charge is 0.416 e. The van der Waals surface area contributed by atoms with Crippen LogP contribution in [0.1, 0.15) is 63.1 Å². The van der Waals surface area contributed by atoms with Crippen LogP contribution >= 0.6 is 11.6 Å². The lowest BCUT2D eigenvalue weighted by molar-refractivity contribution is -0.170. The highest BCUT2D eigenvalue weighted by Gasteiger charge is 2.36. The van der Waals surface area contributed by atoms with Gasteiger partial charge >= 0.3 is 18.1 Å². The van der Waals surface area contributed by atoms with Crippen molar-refractivity contribution < 1.29 is 41.7 Å². The molecule has 0 saturated carbocycles. The van der Waals surface area contributed by atoms with Gasteiger partial charge < -0.3 is 18.9 Å². The molecular formula is C27H30ClF3O6. The number of aryl methyl sites for hydroxylation is 1. The van der Waals surface area contributed by atoms with Crippen molar-refractivity contribution in [1.29, 1.82) is 0 Å². The van der Waals surface area contributed by atoms with Crippen LogP contribution in [-0.4, -0.2) is 36.9 Å². The first-order valence-electron chi connectivity index (χ1n) is 12.0. The number of rotatable bonds is 8. The number of alkyl halides is 3. The molecule has 202 valence electrons. The largest absolute Gasteiger partial charge is 0.464 e. The average molecular weight is 543 g/mol. The van der Waals surface area contributed by atoms with Gasteiger partial charge in [0.2, 0.25) is 0 Å². The third-order valence-corrected chi connectivity index (χ3v) is 5.94. The third kappa shape index (κ3) is 7.85. The molecule has 0 fully saturated rings. The van der Waals surface area contributed by atoms with E-state index in [1.54, 1.807) is 45.9 Å². The summed E-state index contributed by atoms with van der Waals surface area (Å²) in [5.74, 6) is -1.04. The van der Waals surface area contributed by atoms with Crippen molar-refractivity contribution in [2.24, 2.45) is 0 Å². The molecule has 2 aromatic rings. The van der Waals surface area contributed by atoms with Gasteiger partial charge in [-0.1, -0.05) is 17.7 Å². The maximum Gasteiger partial charge on any atom is 0.416 e. The summed E-state index contributed by atoms with van der Waals surface area (Å²) in [6.45, 7) is 6.66. The lowest BCUT2D eigenvalue weighted by Gasteiger charge is -2.31. The van der Waals surface area contributed by atoms with Crippen molar-refractivity contribution in [2.45, 2.75) is 70.8 Å². The van der Waals surface area contributed by atoms with Crippen LogP contribution in [0, 0.1) is 0 Å². The summed E-state index contributed by atoms with van der Waals surface area (Å²) in [6.07, 6.45) is -3.44. The van der Waals surface area contributed by atoms with E-state index in [0.29, 0.717) is 18.6 Å². The zero-order valence-electron chi connectivity index (χ0n) is 21.1. The minimum Gasteiger partial charge on any atom is -0.464 e. The second-order valence-corrected chi connectivity index (χ2v) is 10.1. The van der Waals surface area contributed by atoms with Gasteiger partial charge in [-0.15, -0.1) is 0 Å². The lowest BCUT2D eigenvalue weighted by Crippen LogP contribution is -2.37. The number of hydrogen-bond acceptors (Lipinski definition) is 6. The number of ether oxygens (including phenoxy) is 4. The summed E-state index contributed by atoms with van der Waals surface area (Å²) in [5, 5.41) is -0.164. The Morgan fingerprint density at radius 2 is 1.84 bits per heavy atom. The van der Waals surface area contributed by atoms with E-state index in [1.165, 1.54) is 6.07 Å². The zero-order chi connectivity index (χ0) is 27.4. The molecule has 3 rings (SSSR count). The number of carbonyl (C=O) groups is 2. The molecule has 10 heteroatoms.